The van der Waals surface area contributed by atoms with Gasteiger partial charge in [0.05, 0.1) is 5.69 Å². The molecule has 1 heterocycles. The Kier molecular flexibility index (Phi) is 5.35. The van der Waals surface area contributed by atoms with Crippen LogP contribution in [-0.4, -0.2) is 27.7 Å². The topological polar surface area (TPSA) is 15.3 Å². The molecule has 0 aromatic heterocycles. The van der Waals surface area contributed by atoms with Gasteiger partial charge in [-0.3, -0.25) is 0 Å². The maximum Gasteiger partial charge on any atom is 0.132 e. The molecule has 1 aliphatic heterocycles. The maximum atomic E-state index is 13.6. The van der Waals surface area contributed by atoms with E-state index < -0.39 is 0 Å². The Morgan fingerprint density at radius 2 is 2.06 bits per heavy atom. The first-order valence-electron chi connectivity index (χ1n) is 6.31. The number of nitrogens with zero attached hydrogens (tertiary/aromatic N) is 1. The van der Waals surface area contributed by atoms with Gasteiger partial charge in [-0.1, -0.05) is 25.6 Å². The largest absolute Gasteiger partial charge is 0.374 e. The van der Waals surface area contributed by atoms with Crippen molar-refractivity contribution in [2.45, 2.75) is 19.3 Å². The molecule has 2 rings (SSSR count). The first-order valence-corrected chi connectivity index (χ1v) is 6.31. The van der Waals surface area contributed by atoms with Crippen LogP contribution in [-0.2, 0) is 0 Å². The molecule has 3 heteroatoms. The van der Waals surface area contributed by atoms with E-state index in [2.05, 4.69) is 23.7 Å². The second-order valence-corrected chi connectivity index (χ2v) is 4.71. The van der Waals surface area contributed by atoms with Gasteiger partial charge in [0.15, 0.2) is 0 Å². The molecule has 0 spiro atoms. The van der Waals surface area contributed by atoms with Gasteiger partial charge in [0.1, 0.15) is 5.82 Å². The standard InChI is InChI=1S/C13H16FN.C2H7N/c1-4-10-12(14)6-5-11-9(2)7-8-15(3)13(10)11;1-3-2/h4-6,9H,1,7-8H2,2-3H3;3H,1-2H3. The van der Waals surface area contributed by atoms with Crippen LogP contribution in [0.1, 0.15) is 30.4 Å². The zero-order valence-corrected chi connectivity index (χ0v) is 11.8. The van der Waals surface area contributed by atoms with Crippen molar-refractivity contribution >= 4 is 11.8 Å². The monoisotopic (exact) mass is 250 g/mol. The quantitative estimate of drug-likeness (QED) is 0.823. The Hall–Kier alpha value is -1.35. The number of halogens is 1. The average molecular weight is 250 g/mol. The van der Waals surface area contributed by atoms with E-state index in [0.717, 1.165) is 18.7 Å². The summed E-state index contributed by atoms with van der Waals surface area (Å²) in [6.07, 6.45) is 2.74. The number of hydrogen-bond donors (Lipinski definition) is 1. The van der Waals surface area contributed by atoms with Crippen molar-refractivity contribution in [1.82, 2.24) is 5.32 Å². The van der Waals surface area contributed by atoms with Crippen molar-refractivity contribution in [1.29, 1.82) is 0 Å². The molecule has 0 saturated carbocycles. The zero-order valence-electron chi connectivity index (χ0n) is 11.8. The second kappa shape index (κ2) is 6.55. The van der Waals surface area contributed by atoms with Crippen LogP contribution in [0.3, 0.4) is 0 Å². The lowest BCUT2D eigenvalue weighted by Gasteiger charge is -2.33. The number of hydrogen-bond acceptors (Lipinski definition) is 2. The summed E-state index contributed by atoms with van der Waals surface area (Å²) >= 11 is 0. The minimum atomic E-state index is -0.176. The van der Waals surface area contributed by atoms with Crippen LogP contribution in [0.15, 0.2) is 18.7 Å². The highest BCUT2D eigenvalue weighted by Gasteiger charge is 2.23. The third-order valence-corrected chi connectivity index (χ3v) is 3.21. The van der Waals surface area contributed by atoms with E-state index in [4.69, 9.17) is 0 Å². The number of rotatable bonds is 1. The first-order chi connectivity index (χ1) is 8.56. The van der Waals surface area contributed by atoms with E-state index in [-0.39, 0.29) is 5.82 Å². The van der Waals surface area contributed by atoms with Crippen molar-refractivity contribution in [2.24, 2.45) is 0 Å². The maximum absolute atomic E-state index is 13.6. The lowest BCUT2D eigenvalue weighted by molar-refractivity contribution is 0.605. The van der Waals surface area contributed by atoms with Gasteiger partial charge in [-0.15, -0.1) is 0 Å². The summed E-state index contributed by atoms with van der Waals surface area (Å²) in [6, 6.07) is 3.45. The van der Waals surface area contributed by atoms with Gasteiger partial charge < -0.3 is 10.2 Å². The van der Waals surface area contributed by atoms with Crippen molar-refractivity contribution in [3.8, 4) is 0 Å². The van der Waals surface area contributed by atoms with E-state index in [9.17, 15) is 4.39 Å². The van der Waals surface area contributed by atoms with Crippen LogP contribution >= 0.6 is 0 Å². The molecule has 0 radical (unpaired) electrons. The van der Waals surface area contributed by atoms with Gasteiger partial charge in [-0.2, -0.15) is 0 Å². The van der Waals surface area contributed by atoms with E-state index >= 15 is 0 Å². The molecule has 100 valence electrons. The number of fused-ring (bicyclic) bond motifs is 1. The molecule has 2 nitrogen and oxygen atoms in total. The highest BCUT2D eigenvalue weighted by Crippen LogP contribution is 2.38. The molecule has 1 N–H and O–H groups in total. The van der Waals surface area contributed by atoms with Gasteiger partial charge in [0.2, 0.25) is 0 Å². The minimum Gasteiger partial charge on any atom is -0.374 e. The third-order valence-electron chi connectivity index (χ3n) is 3.21. The third kappa shape index (κ3) is 2.91. The van der Waals surface area contributed by atoms with E-state index in [1.54, 1.807) is 12.1 Å². The summed E-state index contributed by atoms with van der Waals surface area (Å²) in [5.41, 5.74) is 2.89. The van der Waals surface area contributed by atoms with Crippen molar-refractivity contribution in [2.75, 3.05) is 32.6 Å². The molecule has 0 amide bonds. The van der Waals surface area contributed by atoms with Gasteiger partial charge in [-0.25, -0.2) is 4.39 Å². The molecule has 1 aromatic rings. The van der Waals surface area contributed by atoms with Crippen LogP contribution in [0, 0.1) is 5.82 Å². The molecular formula is C15H23FN2. The Bertz CT molecular complexity index is 415. The second-order valence-electron chi connectivity index (χ2n) is 4.71. The van der Waals surface area contributed by atoms with Crippen LogP contribution in [0.25, 0.3) is 6.08 Å². The highest BCUT2D eigenvalue weighted by molar-refractivity contribution is 5.72. The van der Waals surface area contributed by atoms with Crippen molar-refractivity contribution < 1.29 is 4.39 Å². The van der Waals surface area contributed by atoms with E-state index in [1.807, 2.05) is 27.2 Å². The number of nitrogens with one attached hydrogen (secondary N) is 1. The normalized spacial score (nSPS) is 17.6. The molecule has 0 bridgehead atoms. The minimum absolute atomic E-state index is 0.176. The number of anilines is 1. The Balaban J connectivity index is 0.000000492. The molecule has 0 fully saturated rings. The van der Waals surface area contributed by atoms with Gasteiger partial charge in [-0.05, 0) is 38.1 Å². The summed E-state index contributed by atoms with van der Waals surface area (Å²) in [5.74, 6) is 0.334. The van der Waals surface area contributed by atoms with Crippen LogP contribution in [0.4, 0.5) is 10.1 Å². The lowest BCUT2D eigenvalue weighted by atomic mass is 9.89. The molecule has 1 unspecified atom stereocenters. The fourth-order valence-electron chi connectivity index (χ4n) is 2.27. The van der Waals surface area contributed by atoms with Crippen molar-refractivity contribution in [3.63, 3.8) is 0 Å². The molecule has 18 heavy (non-hydrogen) atoms. The number of benzene rings is 1. The van der Waals surface area contributed by atoms with Crippen molar-refractivity contribution in [3.05, 3.63) is 35.7 Å². The van der Waals surface area contributed by atoms with Gasteiger partial charge in [0, 0.05) is 19.2 Å². The van der Waals surface area contributed by atoms with Crippen LogP contribution in [0.5, 0.6) is 0 Å². The molecule has 1 aromatic carbocycles. The molecule has 0 saturated heterocycles. The lowest BCUT2D eigenvalue weighted by Crippen LogP contribution is -2.27. The van der Waals surface area contributed by atoms with Crippen LogP contribution < -0.4 is 10.2 Å². The molecular weight excluding hydrogens is 227 g/mol. The molecule has 0 aliphatic carbocycles. The predicted octanol–water partition coefficient (Wildman–Crippen LogP) is 3.25. The predicted molar refractivity (Wildman–Crippen MR) is 77.8 cm³/mol. The zero-order chi connectivity index (χ0) is 13.7. The Morgan fingerprint density at radius 3 is 2.61 bits per heavy atom. The summed E-state index contributed by atoms with van der Waals surface area (Å²) in [5, 5.41) is 2.75. The Labute approximate surface area is 110 Å². The highest BCUT2D eigenvalue weighted by atomic mass is 19.1. The summed E-state index contributed by atoms with van der Waals surface area (Å²) in [7, 11) is 5.76. The molecule has 1 aliphatic rings. The first kappa shape index (κ1) is 14.7. The average Bonchev–Trinajstić information content (AvgIpc) is 2.35. The van der Waals surface area contributed by atoms with Gasteiger partial charge in [0.25, 0.3) is 0 Å². The summed E-state index contributed by atoms with van der Waals surface area (Å²) in [4.78, 5) is 2.12. The van der Waals surface area contributed by atoms with E-state index in [1.165, 1.54) is 5.56 Å². The summed E-state index contributed by atoms with van der Waals surface area (Å²) in [6.45, 7) is 6.87. The smallest absolute Gasteiger partial charge is 0.132 e. The fraction of sp³-hybridized carbons (Fsp3) is 0.467. The van der Waals surface area contributed by atoms with Gasteiger partial charge >= 0.3 is 0 Å². The SMILES string of the molecule is C=Cc1c(F)ccc2c1N(C)CCC2C.CNC. The Morgan fingerprint density at radius 1 is 1.44 bits per heavy atom. The summed E-state index contributed by atoms with van der Waals surface area (Å²) < 4.78 is 13.6. The van der Waals surface area contributed by atoms with E-state index in [0.29, 0.717) is 11.5 Å². The van der Waals surface area contributed by atoms with Crippen LogP contribution in [0.2, 0.25) is 0 Å². The fourth-order valence-corrected chi connectivity index (χ4v) is 2.27. The molecule has 1 atom stereocenters.